The Morgan fingerprint density at radius 1 is 1.18 bits per heavy atom. The van der Waals surface area contributed by atoms with Gasteiger partial charge in [-0.25, -0.2) is 12.8 Å². The number of carbonyl (C=O) groups excluding carboxylic acids is 2. The number of hydrogen-bond donors (Lipinski definition) is 1. The highest BCUT2D eigenvalue weighted by molar-refractivity contribution is 7.91. The average molecular weight is 472 g/mol. The van der Waals surface area contributed by atoms with E-state index in [2.05, 4.69) is 6.58 Å². The summed E-state index contributed by atoms with van der Waals surface area (Å²) in [5.41, 5.74) is -0.0398. The van der Waals surface area contributed by atoms with Gasteiger partial charge in [0.05, 0.1) is 23.1 Å². The summed E-state index contributed by atoms with van der Waals surface area (Å²) in [5, 5.41) is 11.0. The first-order chi connectivity index (χ1) is 15.7. The van der Waals surface area contributed by atoms with Crippen LogP contribution in [0.3, 0.4) is 0 Å². The smallest absolute Gasteiger partial charge is 0.295 e. The molecule has 0 radical (unpaired) electrons. The Bertz CT molecular complexity index is 1250. The molecular weight excluding hydrogens is 449 g/mol. The summed E-state index contributed by atoms with van der Waals surface area (Å²) in [5.74, 6) is -3.03. The second-order valence-corrected chi connectivity index (χ2v) is 10.1. The van der Waals surface area contributed by atoms with Gasteiger partial charge in [-0.3, -0.25) is 9.59 Å². The lowest BCUT2D eigenvalue weighted by Crippen LogP contribution is -2.40. The van der Waals surface area contributed by atoms with Gasteiger partial charge in [0.2, 0.25) is 0 Å². The van der Waals surface area contributed by atoms with Crippen molar-refractivity contribution < 1.29 is 32.2 Å². The molecule has 9 heteroatoms. The molecule has 2 aliphatic heterocycles. The fourth-order valence-electron chi connectivity index (χ4n) is 4.24. The second-order valence-electron chi connectivity index (χ2n) is 7.91. The minimum absolute atomic E-state index is 0.00786. The van der Waals surface area contributed by atoms with E-state index in [0.29, 0.717) is 5.75 Å². The number of ketones is 1. The molecule has 1 N–H and O–H groups in total. The first-order valence-corrected chi connectivity index (χ1v) is 12.1. The molecule has 2 saturated heterocycles. The van der Waals surface area contributed by atoms with Gasteiger partial charge >= 0.3 is 0 Å². The molecule has 0 saturated carbocycles. The monoisotopic (exact) mass is 471 g/mol. The average Bonchev–Trinajstić information content (AvgIpc) is 3.28. The highest BCUT2D eigenvalue weighted by Gasteiger charge is 2.51. The van der Waals surface area contributed by atoms with Crippen molar-refractivity contribution in [3.63, 3.8) is 0 Å². The molecular formula is C24H22FNO6S. The fraction of sp³-hybridized carbons (Fsp3) is 0.250. The molecule has 33 heavy (non-hydrogen) atoms. The van der Waals surface area contributed by atoms with Crippen molar-refractivity contribution in [2.24, 2.45) is 0 Å². The number of aliphatic hydroxyl groups excluding tert-OH is 1. The van der Waals surface area contributed by atoms with E-state index in [1.807, 2.05) is 0 Å². The normalized spacial score (nSPS) is 23.6. The minimum Gasteiger partial charge on any atom is -0.507 e. The predicted molar refractivity (Wildman–Crippen MR) is 120 cm³/mol. The van der Waals surface area contributed by atoms with E-state index < -0.39 is 45.2 Å². The Kier molecular flexibility index (Phi) is 6.07. The number of aliphatic hydroxyl groups is 1. The van der Waals surface area contributed by atoms with Gasteiger partial charge in [-0.2, -0.15) is 0 Å². The Balaban J connectivity index is 1.83. The van der Waals surface area contributed by atoms with Crippen molar-refractivity contribution in [2.75, 3.05) is 18.1 Å². The predicted octanol–water partition coefficient (Wildman–Crippen LogP) is 3.00. The zero-order valence-corrected chi connectivity index (χ0v) is 18.4. The van der Waals surface area contributed by atoms with E-state index in [1.54, 1.807) is 24.3 Å². The molecule has 0 bridgehead atoms. The van der Waals surface area contributed by atoms with Crippen LogP contribution in [0, 0.1) is 5.82 Å². The Morgan fingerprint density at radius 2 is 1.88 bits per heavy atom. The Morgan fingerprint density at radius 3 is 2.48 bits per heavy atom. The Labute approximate surface area is 190 Å². The highest BCUT2D eigenvalue weighted by Crippen LogP contribution is 2.43. The number of carbonyl (C=O) groups is 2. The van der Waals surface area contributed by atoms with E-state index in [4.69, 9.17) is 4.74 Å². The van der Waals surface area contributed by atoms with Crippen LogP contribution in [0.1, 0.15) is 23.6 Å². The molecule has 7 nitrogen and oxygen atoms in total. The summed E-state index contributed by atoms with van der Waals surface area (Å²) in [7, 11) is -3.39. The van der Waals surface area contributed by atoms with Crippen molar-refractivity contribution in [1.29, 1.82) is 0 Å². The highest BCUT2D eigenvalue weighted by atomic mass is 32.2. The number of nitrogens with zero attached hydrogens (tertiary/aromatic N) is 1. The maximum atomic E-state index is 14.8. The zero-order chi connectivity index (χ0) is 23.8. The lowest BCUT2D eigenvalue weighted by atomic mass is 9.94. The summed E-state index contributed by atoms with van der Waals surface area (Å²) in [6.45, 7) is 3.85. The van der Waals surface area contributed by atoms with Crippen LogP contribution in [0.15, 0.2) is 66.8 Å². The maximum absolute atomic E-state index is 14.8. The number of Topliss-reactive ketones (excluding diaryl/α,β-unsaturated/α-hetero) is 1. The van der Waals surface area contributed by atoms with Gasteiger partial charge in [0, 0.05) is 17.2 Å². The number of rotatable bonds is 6. The minimum atomic E-state index is -3.39. The number of hydrogen-bond acceptors (Lipinski definition) is 6. The van der Waals surface area contributed by atoms with Crippen molar-refractivity contribution in [3.05, 3.63) is 83.7 Å². The molecule has 2 atom stereocenters. The molecule has 0 spiro atoms. The van der Waals surface area contributed by atoms with Crippen LogP contribution in [0.4, 0.5) is 4.39 Å². The molecule has 2 fully saturated rings. The maximum Gasteiger partial charge on any atom is 0.295 e. The standard InChI is InChI=1S/C24H22FNO6S/c1-2-12-32-17-9-7-15(8-10-17)22(27)20-21(18-5-3-4-6-19(18)25)26(24(29)23(20)28)16-11-13-33(30,31)14-16/h2-10,16,21,27H,1,11-14H2/b22-20-. The van der Waals surface area contributed by atoms with Crippen LogP contribution in [-0.4, -0.2) is 54.3 Å². The van der Waals surface area contributed by atoms with E-state index >= 15 is 0 Å². The molecule has 2 aliphatic rings. The lowest BCUT2D eigenvalue weighted by molar-refractivity contribution is -0.141. The largest absolute Gasteiger partial charge is 0.507 e. The van der Waals surface area contributed by atoms with Gasteiger partial charge in [-0.15, -0.1) is 0 Å². The van der Waals surface area contributed by atoms with Crippen molar-refractivity contribution in [1.82, 2.24) is 4.90 Å². The topological polar surface area (TPSA) is 101 Å². The number of ether oxygens (including phenoxy) is 1. The molecule has 172 valence electrons. The number of benzene rings is 2. The third kappa shape index (κ3) is 4.28. The van der Waals surface area contributed by atoms with E-state index in [0.717, 1.165) is 4.90 Å². The van der Waals surface area contributed by atoms with Crippen molar-refractivity contribution in [2.45, 2.75) is 18.5 Å². The number of sulfone groups is 1. The lowest BCUT2D eigenvalue weighted by Gasteiger charge is -2.30. The van der Waals surface area contributed by atoms with Gasteiger partial charge in [-0.1, -0.05) is 30.9 Å². The van der Waals surface area contributed by atoms with Gasteiger partial charge < -0.3 is 14.7 Å². The van der Waals surface area contributed by atoms with Gasteiger partial charge in [0.25, 0.3) is 11.7 Å². The number of halogens is 1. The van der Waals surface area contributed by atoms with Crippen LogP contribution in [0.25, 0.3) is 5.76 Å². The molecule has 2 heterocycles. The fourth-order valence-corrected chi connectivity index (χ4v) is 5.95. The quantitative estimate of drug-likeness (QED) is 0.301. The first kappa shape index (κ1) is 22.7. The van der Waals surface area contributed by atoms with Crippen LogP contribution >= 0.6 is 0 Å². The van der Waals surface area contributed by atoms with E-state index in [9.17, 15) is 27.5 Å². The van der Waals surface area contributed by atoms with Crippen LogP contribution in [0.2, 0.25) is 0 Å². The summed E-state index contributed by atoms with van der Waals surface area (Å²) >= 11 is 0. The second kappa shape index (κ2) is 8.82. The molecule has 2 aromatic rings. The van der Waals surface area contributed by atoms with Gasteiger partial charge in [-0.05, 0) is 36.8 Å². The van der Waals surface area contributed by atoms with Crippen molar-refractivity contribution >= 4 is 27.3 Å². The summed E-state index contributed by atoms with van der Waals surface area (Å²) in [6.07, 6.45) is 1.71. The van der Waals surface area contributed by atoms with E-state index in [-0.39, 0.29) is 41.2 Å². The van der Waals surface area contributed by atoms with Crippen LogP contribution < -0.4 is 4.74 Å². The third-order valence-corrected chi connectivity index (χ3v) is 7.53. The summed E-state index contributed by atoms with van der Waals surface area (Å²) in [6, 6.07) is 9.76. The Hall–Kier alpha value is -3.46. The van der Waals surface area contributed by atoms with Crippen LogP contribution in [-0.2, 0) is 19.4 Å². The third-order valence-electron chi connectivity index (χ3n) is 5.78. The van der Waals surface area contributed by atoms with Crippen LogP contribution in [0.5, 0.6) is 5.75 Å². The number of likely N-dealkylation sites (tertiary alicyclic amines) is 1. The van der Waals surface area contributed by atoms with Gasteiger partial charge in [0.15, 0.2) is 9.84 Å². The van der Waals surface area contributed by atoms with E-state index in [1.165, 1.54) is 30.3 Å². The number of amides is 1. The molecule has 4 rings (SSSR count). The van der Waals surface area contributed by atoms with Gasteiger partial charge in [0.1, 0.15) is 23.9 Å². The summed E-state index contributed by atoms with van der Waals surface area (Å²) in [4.78, 5) is 27.1. The molecule has 1 amide bonds. The molecule has 0 aliphatic carbocycles. The molecule has 0 aromatic heterocycles. The summed E-state index contributed by atoms with van der Waals surface area (Å²) < 4.78 is 44.4. The SMILES string of the molecule is C=CCOc1ccc(/C(O)=C2/C(=O)C(=O)N(C3CCS(=O)(=O)C3)C2c2ccccc2F)cc1. The first-order valence-electron chi connectivity index (χ1n) is 10.3. The molecule has 2 aromatic carbocycles. The molecule has 2 unspecified atom stereocenters. The van der Waals surface area contributed by atoms with Crippen molar-refractivity contribution in [3.8, 4) is 5.75 Å². The zero-order valence-electron chi connectivity index (χ0n) is 17.6.